The lowest BCUT2D eigenvalue weighted by atomic mass is 10.1. The summed E-state index contributed by atoms with van der Waals surface area (Å²) in [7, 11) is -3.75. The summed E-state index contributed by atoms with van der Waals surface area (Å²) >= 11 is 0. The van der Waals surface area contributed by atoms with Gasteiger partial charge in [-0.15, -0.1) is 0 Å². The van der Waals surface area contributed by atoms with Gasteiger partial charge in [-0.3, -0.25) is 19.3 Å². The molecule has 0 aliphatic carbocycles. The number of fused-ring (bicyclic) bond motifs is 1. The standard InChI is InChI=1S/C21H23N3O6S/c1-2-18(25)15-5-8-19-17(11-15)24(21(27)13-30-19)12-20(26)23-10-9-14-3-6-16(7-4-14)31(22,28)29/h3-8,11H,2,9-10,12-13H2,1H3,(H,23,26)(H2,22,28,29). The van der Waals surface area contributed by atoms with Crippen molar-refractivity contribution in [2.75, 3.05) is 24.6 Å². The maximum absolute atomic E-state index is 12.4. The van der Waals surface area contributed by atoms with Gasteiger partial charge in [0.2, 0.25) is 15.9 Å². The van der Waals surface area contributed by atoms with E-state index in [0.29, 0.717) is 36.4 Å². The minimum atomic E-state index is -3.75. The molecule has 9 nitrogen and oxygen atoms in total. The molecule has 0 aromatic heterocycles. The molecule has 3 N–H and O–H groups in total. The molecule has 1 aliphatic rings. The number of benzene rings is 2. The SMILES string of the molecule is CCC(=O)c1ccc2c(c1)N(CC(=O)NCCc1ccc(S(N)(=O)=O)cc1)C(=O)CO2. The molecule has 0 radical (unpaired) electrons. The quantitative estimate of drug-likeness (QED) is 0.582. The molecule has 1 aliphatic heterocycles. The van der Waals surface area contributed by atoms with Crippen LogP contribution in [0.2, 0.25) is 0 Å². The Bertz CT molecular complexity index is 1110. The molecule has 0 spiro atoms. The maximum Gasteiger partial charge on any atom is 0.265 e. The van der Waals surface area contributed by atoms with Crippen LogP contribution in [0.4, 0.5) is 5.69 Å². The highest BCUT2D eigenvalue weighted by atomic mass is 32.2. The van der Waals surface area contributed by atoms with Gasteiger partial charge < -0.3 is 10.1 Å². The lowest BCUT2D eigenvalue weighted by Crippen LogP contribution is -2.45. The summed E-state index contributed by atoms with van der Waals surface area (Å²) in [4.78, 5) is 38.1. The van der Waals surface area contributed by atoms with Crippen molar-refractivity contribution in [2.45, 2.75) is 24.7 Å². The van der Waals surface area contributed by atoms with E-state index in [1.807, 2.05) is 0 Å². The number of primary sulfonamides is 1. The number of carbonyl (C=O) groups is 3. The second-order valence-corrected chi connectivity index (χ2v) is 8.58. The van der Waals surface area contributed by atoms with Crippen LogP contribution < -0.4 is 20.1 Å². The Morgan fingerprint density at radius 3 is 2.52 bits per heavy atom. The molecule has 0 saturated heterocycles. The van der Waals surface area contributed by atoms with E-state index in [9.17, 15) is 22.8 Å². The average molecular weight is 445 g/mol. The molecule has 0 fully saturated rings. The first-order chi connectivity index (χ1) is 14.7. The molecular formula is C21H23N3O6S. The molecular weight excluding hydrogens is 422 g/mol. The van der Waals surface area contributed by atoms with Crippen LogP contribution in [0.25, 0.3) is 0 Å². The number of sulfonamides is 1. The predicted octanol–water partition coefficient (Wildman–Crippen LogP) is 1.01. The van der Waals surface area contributed by atoms with Crippen molar-refractivity contribution in [2.24, 2.45) is 5.14 Å². The molecule has 2 amide bonds. The minimum Gasteiger partial charge on any atom is -0.482 e. The van der Waals surface area contributed by atoms with E-state index in [2.05, 4.69) is 5.32 Å². The number of hydrogen-bond acceptors (Lipinski definition) is 6. The van der Waals surface area contributed by atoms with Crippen molar-refractivity contribution in [3.63, 3.8) is 0 Å². The number of hydrogen-bond donors (Lipinski definition) is 2. The molecule has 3 rings (SSSR count). The van der Waals surface area contributed by atoms with Crippen LogP contribution in [0.5, 0.6) is 5.75 Å². The van der Waals surface area contributed by atoms with Crippen molar-refractivity contribution in [3.05, 3.63) is 53.6 Å². The van der Waals surface area contributed by atoms with Gasteiger partial charge in [0, 0.05) is 18.5 Å². The monoisotopic (exact) mass is 445 g/mol. The summed E-state index contributed by atoms with van der Waals surface area (Å²) in [5.74, 6) is -0.370. The van der Waals surface area contributed by atoms with Gasteiger partial charge in [0.15, 0.2) is 12.4 Å². The second-order valence-electron chi connectivity index (χ2n) is 7.02. The fourth-order valence-corrected chi connectivity index (χ4v) is 3.66. The fraction of sp³-hybridized carbons (Fsp3) is 0.286. The molecule has 0 atom stereocenters. The van der Waals surface area contributed by atoms with Gasteiger partial charge in [-0.1, -0.05) is 19.1 Å². The smallest absolute Gasteiger partial charge is 0.265 e. The first-order valence-electron chi connectivity index (χ1n) is 9.68. The number of Topliss-reactive ketones (excluding diaryl/α,β-unsaturated/α-hetero) is 1. The molecule has 2 aromatic rings. The third-order valence-electron chi connectivity index (χ3n) is 4.83. The van der Waals surface area contributed by atoms with E-state index in [1.54, 1.807) is 37.3 Å². The number of amides is 2. The lowest BCUT2D eigenvalue weighted by Gasteiger charge is -2.29. The van der Waals surface area contributed by atoms with E-state index in [4.69, 9.17) is 9.88 Å². The number of nitrogens with zero attached hydrogens (tertiary/aromatic N) is 1. The van der Waals surface area contributed by atoms with Crippen LogP contribution in [-0.2, 0) is 26.0 Å². The number of rotatable bonds is 8. The van der Waals surface area contributed by atoms with E-state index in [1.165, 1.54) is 17.0 Å². The Labute approximate surface area is 180 Å². The summed E-state index contributed by atoms with van der Waals surface area (Å²) in [5, 5.41) is 7.81. The van der Waals surface area contributed by atoms with Gasteiger partial charge >= 0.3 is 0 Å². The number of nitrogens with one attached hydrogen (secondary N) is 1. The molecule has 0 saturated carbocycles. The molecule has 1 heterocycles. The van der Waals surface area contributed by atoms with Crippen molar-refractivity contribution in [1.29, 1.82) is 0 Å². The molecule has 2 aromatic carbocycles. The van der Waals surface area contributed by atoms with Crippen molar-refractivity contribution in [1.82, 2.24) is 5.32 Å². The Hall–Kier alpha value is -3.24. The van der Waals surface area contributed by atoms with Gasteiger partial charge in [0.25, 0.3) is 5.91 Å². The number of carbonyl (C=O) groups excluding carboxylic acids is 3. The first-order valence-corrected chi connectivity index (χ1v) is 11.2. The van der Waals surface area contributed by atoms with Crippen molar-refractivity contribution < 1.29 is 27.5 Å². The highest BCUT2D eigenvalue weighted by Crippen LogP contribution is 2.33. The van der Waals surface area contributed by atoms with E-state index in [0.717, 1.165) is 5.56 Å². The van der Waals surface area contributed by atoms with Crippen LogP contribution in [0.15, 0.2) is 47.4 Å². The highest BCUT2D eigenvalue weighted by molar-refractivity contribution is 7.89. The van der Waals surface area contributed by atoms with Crippen LogP contribution in [0, 0.1) is 0 Å². The minimum absolute atomic E-state index is 0.0192. The van der Waals surface area contributed by atoms with Crippen LogP contribution in [0.1, 0.15) is 29.3 Å². The third kappa shape index (κ3) is 5.47. The molecule has 10 heteroatoms. The largest absolute Gasteiger partial charge is 0.482 e. The Balaban J connectivity index is 1.61. The highest BCUT2D eigenvalue weighted by Gasteiger charge is 2.28. The Morgan fingerprint density at radius 1 is 1.16 bits per heavy atom. The van der Waals surface area contributed by atoms with Crippen LogP contribution in [-0.4, -0.2) is 45.7 Å². The van der Waals surface area contributed by atoms with E-state index >= 15 is 0 Å². The summed E-state index contributed by atoms with van der Waals surface area (Å²) in [6, 6.07) is 10.9. The molecule has 0 unspecified atom stereocenters. The van der Waals surface area contributed by atoms with Gasteiger partial charge in [-0.25, -0.2) is 13.6 Å². The van der Waals surface area contributed by atoms with Crippen LogP contribution >= 0.6 is 0 Å². The average Bonchev–Trinajstić information content (AvgIpc) is 2.74. The zero-order valence-electron chi connectivity index (χ0n) is 17.0. The summed E-state index contributed by atoms with van der Waals surface area (Å²) in [6.07, 6.45) is 0.797. The molecule has 0 bridgehead atoms. The maximum atomic E-state index is 12.4. The van der Waals surface area contributed by atoms with Gasteiger partial charge in [-0.2, -0.15) is 0 Å². The normalized spacial score (nSPS) is 13.4. The van der Waals surface area contributed by atoms with Crippen molar-refractivity contribution in [3.8, 4) is 5.75 Å². The Kier molecular flexibility index (Phi) is 6.71. The Morgan fingerprint density at radius 2 is 1.87 bits per heavy atom. The number of anilines is 1. The topological polar surface area (TPSA) is 136 Å². The zero-order chi connectivity index (χ0) is 22.6. The van der Waals surface area contributed by atoms with Gasteiger partial charge in [0.1, 0.15) is 12.3 Å². The number of ether oxygens (including phenoxy) is 1. The van der Waals surface area contributed by atoms with Crippen molar-refractivity contribution >= 4 is 33.3 Å². The molecule has 31 heavy (non-hydrogen) atoms. The summed E-state index contributed by atoms with van der Waals surface area (Å²) < 4.78 is 28.0. The first kappa shape index (κ1) is 22.4. The second kappa shape index (κ2) is 9.27. The van der Waals surface area contributed by atoms with Gasteiger partial charge in [-0.05, 0) is 42.3 Å². The van der Waals surface area contributed by atoms with E-state index < -0.39 is 10.0 Å². The lowest BCUT2D eigenvalue weighted by molar-refractivity contribution is -0.125. The zero-order valence-corrected chi connectivity index (χ0v) is 17.8. The van der Waals surface area contributed by atoms with E-state index in [-0.39, 0.29) is 35.6 Å². The molecule has 164 valence electrons. The summed E-state index contributed by atoms with van der Waals surface area (Å²) in [5.41, 5.74) is 1.67. The predicted molar refractivity (Wildman–Crippen MR) is 113 cm³/mol. The van der Waals surface area contributed by atoms with Crippen LogP contribution in [0.3, 0.4) is 0 Å². The number of ketones is 1. The fourth-order valence-electron chi connectivity index (χ4n) is 3.14. The summed E-state index contributed by atoms with van der Waals surface area (Å²) in [6.45, 7) is 1.66. The van der Waals surface area contributed by atoms with Gasteiger partial charge in [0.05, 0.1) is 10.6 Å². The third-order valence-corrected chi connectivity index (χ3v) is 5.76. The number of nitrogens with two attached hydrogens (primary N) is 1.